The SMILES string of the molecule is CCCCCCCCCCCCC(=O)O[C@H](COC(=O)CCCCCCCCC(C)C)COP(=O)(O)OC[C@H](O)COP(=O)(O)OC[C@@H](COC(=O)CCCCCCCCCCCCC(C)C)OC(=O)CCCCCCCCCCCCCCCCCC(C)C. The van der Waals surface area contributed by atoms with Gasteiger partial charge in [0.1, 0.15) is 19.3 Å². The number of phosphoric acid groups is 2. The van der Waals surface area contributed by atoms with Crippen LogP contribution < -0.4 is 0 Å². The van der Waals surface area contributed by atoms with Crippen LogP contribution in [0.15, 0.2) is 0 Å². The molecule has 0 aromatic carbocycles. The van der Waals surface area contributed by atoms with Gasteiger partial charge in [-0.25, -0.2) is 9.13 Å². The molecule has 0 saturated heterocycles. The number of hydrogen-bond donors (Lipinski definition) is 3. The van der Waals surface area contributed by atoms with E-state index in [1.807, 2.05) is 0 Å². The lowest BCUT2D eigenvalue weighted by molar-refractivity contribution is -0.161. The third kappa shape index (κ3) is 64.8. The molecule has 0 amide bonds. The molecule has 0 spiro atoms. The van der Waals surface area contributed by atoms with Gasteiger partial charge in [0.25, 0.3) is 0 Å². The van der Waals surface area contributed by atoms with Gasteiger partial charge in [-0.2, -0.15) is 0 Å². The smallest absolute Gasteiger partial charge is 0.462 e. The number of unbranched alkanes of at least 4 members (excludes halogenated alkanes) is 37. The molecule has 0 aromatic heterocycles. The molecule has 3 N–H and O–H groups in total. The summed E-state index contributed by atoms with van der Waals surface area (Å²) < 4.78 is 68.3. The summed E-state index contributed by atoms with van der Waals surface area (Å²) in [5.74, 6) is 0.114. The molecule has 0 rings (SSSR count). The zero-order valence-electron chi connectivity index (χ0n) is 58.6. The average molecular weight is 1330 g/mol. The Kier molecular flexibility index (Phi) is 60.6. The van der Waals surface area contributed by atoms with E-state index in [9.17, 15) is 43.2 Å². The van der Waals surface area contributed by atoms with E-state index in [1.54, 1.807) is 0 Å². The molecule has 0 saturated carbocycles. The van der Waals surface area contributed by atoms with E-state index < -0.39 is 97.5 Å². The van der Waals surface area contributed by atoms with Crippen molar-refractivity contribution < 1.29 is 80.2 Å². The molecule has 0 aliphatic carbocycles. The van der Waals surface area contributed by atoms with Crippen LogP contribution in [0.4, 0.5) is 0 Å². The van der Waals surface area contributed by atoms with Crippen molar-refractivity contribution >= 4 is 39.5 Å². The molecular weight excluding hydrogens is 1190 g/mol. The molecule has 0 aliphatic heterocycles. The first-order valence-corrected chi connectivity index (χ1v) is 39.8. The minimum Gasteiger partial charge on any atom is -0.462 e. The maximum Gasteiger partial charge on any atom is 0.472 e. The molecule has 17 nitrogen and oxygen atoms in total. The Morgan fingerprint density at radius 3 is 0.756 bits per heavy atom. The van der Waals surface area contributed by atoms with Crippen LogP contribution >= 0.6 is 15.6 Å². The molecular formula is C71H138O17P2. The second-order valence-corrected chi connectivity index (χ2v) is 30.0. The highest BCUT2D eigenvalue weighted by atomic mass is 31.2. The summed E-state index contributed by atoms with van der Waals surface area (Å²) in [6, 6.07) is 0. The standard InChI is InChI=1S/C71H138O17P2/c1-8-9-10-11-12-13-25-31-40-47-54-70(75)88-67(59-82-69(74)53-46-39-34-33-37-44-51-64(6)7)61-86-90(79,80)84-57-65(72)56-83-89(77,78)85-60-66(58-81-68(73)52-45-38-30-26-22-21-24-29-36-43-50-63(4)5)87-71(76)55-48-41-32-27-20-18-16-14-15-17-19-23-28-35-42-49-62(2)3/h62-67,72H,8-61H2,1-7H3,(H,77,78)(H,79,80)/t65-,66-,67-/m1/s1. The van der Waals surface area contributed by atoms with Crippen LogP contribution in [0.1, 0.15) is 357 Å². The zero-order valence-corrected chi connectivity index (χ0v) is 60.4. The first-order valence-electron chi connectivity index (χ1n) is 36.8. The lowest BCUT2D eigenvalue weighted by atomic mass is 10.0. The summed E-state index contributed by atoms with van der Waals surface area (Å²) >= 11 is 0. The van der Waals surface area contributed by atoms with E-state index in [4.69, 9.17) is 37.0 Å². The third-order valence-corrected chi connectivity index (χ3v) is 18.3. The molecule has 0 bridgehead atoms. The fraction of sp³-hybridized carbons (Fsp3) is 0.944. The molecule has 2 unspecified atom stereocenters. The number of esters is 4. The van der Waals surface area contributed by atoms with Crippen molar-refractivity contribution in [1.82, 2.24) is 0 Å². The van der Waals surface area contributed by atoms with Crippen molar-refractivity contribution in [2.75, 3.05) is 39.6 Å². The van der Waals surface area contributed by atoms with Crippen LogP contribution in [-0.2, 0) is 65.4 Å². The molecule has 0 radical (unpaired) electrons. The molecule has 90 heavy (non-hydrogen) atoms. The van der Waals surface area contributed by atoms with Crippen molar-refractivity contribution in [3.63, 3.8) is 0 Å². The van der Waals surface area contributed by atoms with E-state index in [0.29, 0.717) is 31.6 Å². The Hall–Kier alpha value is -1.94. The molecule has 0 heterocycles. The number of carbonyl (C=O) groups excluding carboxylic acids is 4. The zero-order chi connectivity index (χ0) is 66.6. The summed E-state index contributed by atoms with van der Waals surface area (Å²) in [6.07, 6.45) is 46.0. The van der Waals surface area contributed by atoms with Crippen LogP contribution in [0.3, 0.4) is 0 Å². The van der Waals surface area contributed by atoms with E-state index in [2.05, 4.69) is 48.5 Å². The van der Waals surface area contributed by atoms with Crippen molar-refractivity contribution in [1.29, 1.82) is 0 Å². The lowest BCUT2D eigenvalue weighted by Crippen LogP contribution is -2.30. The van der Waals surface area contributed by atoms with Crippen molar-refractivity contribution in [2.45, 2.75) is 375 Å². The van der Waals surface area contributed by atoms with Crippen LogP contribution in [0, 0.1) is 17.8 Å². The van der Waals surface area contributed by atoms with Gasteiger partial charge in [-0.3, -0.25) is 37.3 Å². The van der Waals surface area contributed by atoms with Gasteiger partial charge in [-0.1, -0.05) is 305 Å². The Bertz CT molecular complexity index is 1770. The molecule has 0 aliphatic rings. The van der Waals surface area contributed by atoms with Crippen LogP contribution in [0.5, 0.6) is 0 Å². The first kappa shape index (κ1) is 88.1. The number of phosphoric ester groups is 2. The highest BCUT2D eigenvalue weighted by Crippen LogP contribution is 2.45. The number of rotatable bonds is 69. The second-order valence-electron chi connectivity index (χ2n) is 27.1. The number of ether oxygens (including phenoxy) is 4. The minimum atomic E-state index is -4.95. The maximum absolute atomic E-state index is 13.0. The Morgan fingerprint density at radius 1 is 0.300 bits per heavy atom. The number of carbonyl (C=O) groups is 4. The highest BCUT2D eigenvalue weighted by molar-refractivity contribution is 7.47. The first-order chi connectivity index (χ1) is 43.2. The quantitative estimate of drug-likeness (QED) is 0.0222. The maximum atomic E-state index is 13.0. The third-order valence-electron chi connectivity index (χ3n) is 16.4. The van der Waals surface area contributed by atoms with Crippen LogP contribution in [-0.4, -0.2) is 96.7 Å². The predicted molar refractivity (Wildman–Crippen MR) is 363 cm³/mol. The monoisotopic (exact) mass is 1320 g/mol. The summed E-state index contributed by atoms with van der Waals surface area (Å²) in [5.41, 5.74) is 0. The summed E-state index contributed by atoms with van der Waals surface area (Å²) in [5, 5.41) is 10.6. The van der Waals surface area contributed by atoms with Gasteiger partial charge in [-0.05, 0) is 43.4 Å². The topological polar surface area (TPSA) is 237 Å². The highest BCUT2D eigenvalue weighted by Gasteiger charge is 2.30. The summed E-state index contributed by atoms with van der Waals surface area (Å²) in [6.45, 7) is 11.8. The molecule has 5 atom stereocenters. The predicted octanol–water partition coefficient (Wildman–Crippen LogP) is 20.2. The molecule has 19 heteroatoms. The average Bonchev–Trinajstić information content (AvgIpc) is 3.71. The van der Waals surface area contributed by atoms with Crippen LogP contribution in [0.25, 0.3) is 0 Å². The van der Waals surface area contributed by atoms with Crippen molar-refractivity contribution in [2.24, 2.45) is 17.8 Å². The summed E-state index contributed by atoms with van der Waals surface area (Å²) in [4.78, 5) is 72.5. The molecule has 0 fully saturated rings. The van der Waals surface area contributed by atoms with Crippen molar-refractivity contribution in [3.8, 4) is 0 Å². The van der Waals surface area contributed by atoms with Gasteiger partial charge in [0.05, 0.1) is 26.4 Å². The molecule has 0 aromatic rings. The fourth-order valence-corrected chi connectivity index (χ4v) is 12.3. The number of aliphatic hydroxyl groups is 1. The van der Waals surface area contributed by atoms with Gasteiger partial charge < -0.3 is 33.8 Å². The number of aliphatic hydroxyl groups excluding tert-OH is 1. The van der Waals surface area contributed by atoms with Gasteiger partial charge >= 0.3 is 39.5 Å². The normalized spacial score (nSPS) is 14.2. The fourth-order valence-electron chi connectivity index (χ4n) is 10.7. The van der Waals surface area contributed by atoms with Gasteiger partial charge in [-0.15, -0.1) is 0 Å². The van der Waals surface area contributed by atoms with Gasteiger partial charge in [0.15, 0.2) is 12.2 Å². The van der Waals surface area contributed by atoms with E-state index in [1.165, 1.54) is 161 Å². The second kappa shape index (κ2) is 61.9. The van der Waals surface area contributed by atoms with Crippen LogP contribution in [0.2, 0.25) is 0 Å². The Labute approximate surface area is 549 Å². The number of hydrogen-bond acceptors (Lipinski definition) is 15. The van der Waals surface area contributed by atoms with Gasteiger partial charge in [0.2, 0.25) is 0 Å². The lowest BCUT2D eigenvalue weighted by Gasteiger charge is -2.21. The largest absolute Gasteiger partial charge is 0.472 e. The summed E-state index contributed by atoms with van der Waals surface area (Å²) in [7, 11) is -9.90. The van der Waals surface area contributed by atoms with Crippen molar-refractivity contribution in [3.05, 3.63) is 0 Å². The minimum absolute atomic E-state index is 0.105. The Balaban J connectivity index is 5.22. The Morgan fingerprint density at radius 2 is 0.511 bits per heavy atom. The van der Waals surface area contributed by atoms with Gasteiger partial charge in [0, 0.05) is 25.7 Å². The van der Waals surface area contributed by atoms with E-state index in [-0.39, 0.29) is 25.7 Å². The van der Waals surface area contributed by atoms with E-state index in [0.717, 1.165) is 108 Å². The van der Waals surface area contributed by atoms with E-state index >= 15 is 0 Å². The molecule has 534 valence electrons.